The first-order valence-electron chi connectivity index (χ1n) is 5.02. The van der Waals surface area contributed by atoms with E-state index < -0.39 is 10.0 Å². The zero-order valence-corrected chi connectivity index (χ0v) is 9.66. The van der Waals surface area contributed by atoms with E-state index in [2.05, 4.69) is 16.9 Å². The molecule has 1 N–H and O–H groups in total. The molecule has 0 bridgehead atoms. The summed E-state index contributed by atoms with van der Waals surface area (Å²) < 4.78 is 25.8. The van der Waals surface area contributed by atoms with Gasteiger partial charge in [-0.05, 0) is 19.3 Å². The molecule has 0 aliphatic carbocycles. The summed E-state index contributed by atoms with van der Waals surface area (Å²) in [6, 6.07) is 0.0771. The third kappa shape index (κ3) is 1.79. The van der Waals surface area contributed by atoms with Crippen molar-refractivity contribution in [2.75, 3.05) is 6.54 Å². The van der Waals surface area contributed by atoms with Crippen LogP contribution in [0.25, 0.3) is 0 Å². The molecule has 2 atom stereocenters. The number of nitrogens with zero attached hydrogens (tertiary/aromatic N) is 2. The molecule has 1 aromatic rings. The molecule has 1 aromatic heterocycles. The lowest BCUT2D eigenvalue weighted by Crippen LogP contribution is -2.34. The predicted molar refractivity (Wildman–Crippen MR) is 55.7 cm³/mol. The summed E-state index contributed by atoms with van der Waals surface area (Å²) in [6.07, 6.45) is 3.66. The molecule has 1 saturated heterocycles. The summed E-state index contributed by atoms with van der Waals surface area (Å²) in [5.41, 5.74) is 0. The minimum atomic E-state index is -3.36. The fraction of sp³-hybridized carbons (Fsp3) is 0.667. The fourth-order valence-electron chi connectivity index (χ4n) is 2.11. The van der Waals surface area contributed by atoms with Gasteiger partial charge in [-0.25, -0.2) is 13.4 Å². The highest BCUT2D eigenvalue weighted by Gasteiger charge is 2.36. The normalized spacial score (nSPS) is 28.4. The molecule has 0 spiro atoms. The lowest BCUT2D eigenvalue weighted by Gasteiger charge is -2.19. The number of hydrogen-bond acceptors (Lipinski definition) is 3. The molecular weight excluding hydrogens is 214 g/mol. The van der Waals surface area contributed by atoms with E-state index in [1.54, 1.807) is 4.31 Å². The van der Waals surface area contributed by atoms with E-state index in [0.29, 0.717) is 12.5 Å². The summed E-state index contributed by atoms with van der Waals surface area (Å²) in [5, 5.41) is 0.184. The maximum absolute atomic E-state index is 12.1. The Bertz CT molecular complexity index is 426. The molecule has 84 valence electrons. The van der Waals surface area contributed by atoms with Gasteiger partial charge in [0.2, 0.25) is 0 Å². The van der Waals surface area contributed by atoms with Crippen LogP contribution in [0.2, 0.25) is 0 Å². The number of imidazole rings is 1. The van der Waals surface area contributed by atoms with Gasteiger partial charge in [-0.3, -0.25) is 0 Å². The second kappa shape index (κ2) is 3.61. The van der Waals surface area contributed by atoms with Gasteiger partial charge in [0.05, 0.1) is 12.5 Å². The first kappa shape index (κ1) is 10.6. The molecule has 0 amide bonds. The summed E-state index contributed by atoms with van der Waals surface area (Å²) in [5.74, 6) is 0.428. The molecule has 1 aliphatic rings. The maximum atomic E-state index is 12.1. The zero-order chi connectivity index (χ0) is 11.1. The maximum Gasteiger partial charge on any atom is 0.260 e. The van der Waals surface area contributed by atoms with E-state index in [4.69, 9.17) is 0 Å². The number of H-pyrrole nitrogens is 1. The van der Waals surface area contributed by atoms with Crippen molar-refractivity contribution in [1.82, 2.24) is 14.3 Å². The monoisotopic (exact) mass is 229 g/mol. The Kier molecular flexibility index (Phi) is 2.56. The van der Waals surface area contributed by atoms with E-state index in [1.807, 2.05) is 6.92 Å². The fourth-order valence-corrected chi connectivity index (χ4v) is 3.77. The Morgan fingerprint density at radius 3 is 2.73 bits per heavy atom. The smallest absolute Gasteiger partial charge is 0.260 e. The standard InChI is InChI=1S/C9H15N3O2S/c1-7-3-8(2)12(5-7)15(13,14)9-4-10-6-11-9/h4,6-8H,3,5H2,1-2H3,(H,10,11). The molecule has 0 aromatic carbocycles. The highest BCUT2D eigenvalue weighted by atomic mass is 32.2. The van der Waals surface area contributed by atoms with Gasteiger partial charge in [-0.15, -0.1) is 0 Å². The van der Waals surface area contributed by atoms with Crippen LogP contribution in [0.15, 0.2) is 17.6 Å². The number of nitrogens with one attached hydrogen (secondary N) is 1. The first-order valence-corrected chi connectivity index (χ1v) is 6.46. The highest BCUT2D eigenvalue weighted by molar-refractivity contribution is 7.89. The third-order valence-electron chi connectivity index (χ3n) is 2.79. The number of aromatic nitrogens is 2. The Morgan fingerprint density at radius 1 is 1.53 bits per heavy atom. The quantitative estimate of drug-likeness (QED) is 0.816. The number of aromatic amines is 1. The number of hydrogen-bond donors (Lipinski definition) is 1. The topological polar surface area (TPSA) is 66.1 Å². The average molecular weight is 229 g/mol. The molecule has 15 heavy (non-hydrogen) atoms. The van der Waals surface area contributed by atoms with Gasteiger partial charge < -0.3 is 4.98 Å². The van der Waals surface area contributed by atoms with Gasteiger partial charge in [0.15, 0.2) is 5.03 Å². The van der Waals surface area contributed by atoms with Gasteiger partial charge in [-0.2, -0.15) is 4.31 Å². The molecule has 5 nitrogen and oxygen atoms in total. The second-order valence-corrected chi connectivity index (χ2v) is 6.04. The van der Waals surface area contributed by atoms with Crippen molar-refractivity contribution < 1.29 is 8.42 Å². The van der Waals surface area contributed by atoms with Crippen LogP contribution in [0, 0.1) is 5.92 Å². The summed E-state index contributed by atoms with van der Waals surface area (Å²) in [4.78, 5) is 6.39. The van der Waals surface area contributed by atoms with Crippen LogP contribution in [-0.2, 0) is 10.0 Å². The molecule has 2 rings (SSSR count). The van der Waals surface area contributed by atoms with E-state index in [1.165, 1.54) is 12.5 Å². The Balaban J connectivity index is 2.31. The summed E-state index contributed by atoms with van der Waals surface area (Å²) >= 11 is 0. The van der Waals surface area contributed by atoms with Crippen molar-refractivity contribution in [3.05, 3.63) is 12.5 Å². The highest BCUT2D eigenvalue weighted by Crippen LogP contribution is 2.27. The molecule has 2 unspecified atom stereocenters. The van der Waals surface area contributed by atoms with Crippen molar-refractivity contribution >= 4 is 10.0 Å². The van der Waals surface area contributed by atoms with E-state index >= 15 is 0 Å². The zero-order valence-electron chi connectivity index (χ0n) is 8.84. The van der Waals surface area contributed by atoms with Gasteiger partial charge >= 0.3 is 0 Å². The van der Waals surface area contributed by atoms with Crippen LogP contribution in [0.5, 0.6) is 0 Å². The van der Waals surface area contributed by atoms with E-state index in [9.17, 15) is 8.42 Å². The average Bonchev–Trinajstić information content (AvgIpc) is 2.74. The van der Waals surface area contributed by atoms with Crippen molar-refractivity contribution in [2.45, 2.75) is 31.3 Å². The van der Waals surface area contributed by atoms with Gasteiger partial charge in [-0.1, -0.05) is 6.92 Å². The third-order valence-corrected chi connectivity index (χ3v) is 4.69. The van der Waals surface area contributed by atoms with Crippen molar-refractivity contribution in [3.63, 3.8) is 0 Å². The molecule has 2 heterocycles. The van der Waals surface area contributed by atoms with Crippen molar-refractivity contribution in [1.29, 1.82) is 0 Å². The SMILES string of the molecule is CC1CC(C)N(S(=O)(=O)c2cnc[nH]2)C1. The van der Waals surface area contributed by atoms with Crippen LogP contribution in [0.3, 0.4) is 0 Å². The van der Waals surface area contributed by atoms with E-state index in [0.717, 1.165) is 6.42 Å². The van der Waals surface area contributed by atoms with Gasteiger partial charge in [0.25, 0.3) is 10.0 Å². The largest absolute Gasteiger partial charge is 0.335 e. The molecule has 1 fully saturated rings. The molecule has 0 radical (unpaired) electrons. The summed E-state index contributed by atoms with van der Waals surface area (Å²) in [7, 11) is -3.36. The first-order chi connectivity index (χ1) is 7.01. The minimum Gasteiger partial charge on any atom is -0.335 e. The summed E-state index contributed by atoms with van der Waals surface area (Å²) in [6.45, 7) is 4.61. The van der Waals surface area contributed by atoms with E-state index in [-0.39, 0.29) is 11.1 Å². The van der Waals surface area contributed by atoms with Crippen LogP contribution in [-0.4, -0.2) is 35.3 Å². The van der Waals surface area contributed by atoms with Crippen molar-refractivity contribution in [3.8, 4) is 0 Å². The Hall–Kier alpha value is -0.880. The number of rotatable bonds is 2. The molecule has 0 saturated carbocycles. The Morgan fingerprint density at radius 2 is 2.27 bits per heavy atom. The van der Waals surface area contributed by atoms with Gasteiger partial charge in [0.1, 0.15) is 0 Å². The molecule has 1 aliphatic heterocycles. The second-order valence-electron chi connectivity index (χ2n) is 4.18. The minimum absolute atomic E-state index is 0.0771. The van der Waals surface area contributed by atoms with Crippen LogP contribution in [0.4, 0.5) is 0 Å². The van der Waals surface area contributed by atoms with Crippen LogP contribution in [0.1, 0.15) is 20.3 Å². The van der Waals surface area contributed by atoms with Gasteiger partial charge in [0, 0.05) is 12.6 Å². The molecule has 6 heteroatoms. The van der Waals surface area contributed by atoms with Crippen LogP contribution >= 0.6 is 0 Å². The van der Waals surface area contributed by atoms with Crippen molar-refractivity contribution in [2.24, 2.45) is 5.92 Å². The Labute approximate surface area is 89.6 Å². The lowest BCUT2D eigenvalue weighted by molar-refractivity contribution is 0.404. The number of sulfonamides is 1. The molecular formula is C9H15N3O2S. The lowest BCUT2D eigenvalue weighted by atomic mass is 10.1. The predicted octanol–water partition coefficient (Wildman–Crippen LogP) is 0.829. The van der Waals surface area contributed by atoms with Crippen LogP contribution < -0.4 is 0 Å².